The van der Waals surface area contributed by atoms with Gasteiger partial charge in [-0.15, -0.1) is 0 Å². The molecule has 0 rings (SSSR count). The Hall–Kier alpha value is -0.340. The number of hydroxylamine groups is 3. The molecule has 144 valence electrons. The van der Waals surface area contributed by atoms with E-state index in [0.717, 1.165) is 6.42 Å². The quantitative estimate of drug-likeness (QED) is 0.128. The van der Waals surface area contributed by atoms with Crippen molar-refractivity contribution < 1.29 is 9.85 Å². The largest absolute Gasteiger partial charge is 0.217 e. The Morgan fingerprint density at radius 1 is 0.708 bits per heavy atom. The van der Waals surface area contributed by atoms with E-state index in [-0.39, 0.29) is 4.65 Å². The van der Waals surface area contributed by atoms with Crippen molar-refractivity contribution in [3.63, 3.8) is 0 Å². The molecule has 0 aliphatic rings. The van der Waals surface area contributed by atoms with Crippen molar-refractivity contribution in [1.29, 1.82) is 0 Å². The molecule has 0 aliphatic carbocycles. The molecule has 2 nitrogen and oxygen atoms in total. The predicted octanol–water partition coefficient (Wildman–Crippen LogP) is 7.27. The van der Waals surface area contributed by atoms with Crippen LogP contribution < -0.4 is 0 Å². The van der Waals surface area contributed by atoms with Crippen LogP contribution in [0.5, 0.6) is 0 Å². The Morgan fingerprint density at radius 2 is 1.12 bits per heavy atom. The van der Waals surface area contributed by atoms with Crippen molar-refractivity contribution in [1.82, 2.24) is 0 Å². The van der Waals surface area contributed by atoms with E-state index in [1.165, 1.54) is 89.9 Å². The van der Waals surface area contributed by atoms with Gasteiger partial charge in [-0.3, -0.25) is 0 Å². The van der Waals surface area contributed by atoms with Crippen LogP contribution >= 0.6 is 0 Å². The molecule has 0 aromatic rings. The Kier molecular flexibility index (Phi) is 15.9. The number of unbranched alkanes of at least 4 members (excludes halogenated alkanes) is 12. The molecule has 0 bridgehead atoms. The Morgan fingerprint density at radius 3 is 1.58 bits per heavy atom. The highest BCUT2D eigenvalue weighted by atomic mass is 16.5. The minimum absolute atomic E-state index is 0.102. The van der Waals surface area contributed by atoms with Crippen LogP contribution in [0.25, 0.3) is 0 Å². The maximum atomic E-state index is 9.84. The standard InChI is InChI=1S/C22H46NO/c1-5-6-7-8-9-10-11-12-13-14-15-16-17-18-19-20-21-22(2)23(3,4)24/h12-13,22,24H,5-11,14-21H2,1-4H3/q+1. The van der Waals surface area contributed by atoms with Gasteiger partial charge in [-0.05, 0) is 39.0 Å². The summed E-state index contributed by atoms with van der Waals surface area (Å²) in [5, 5.41) is 9.84. The number of rotatable bonds is 17. The normalized spacial score (nSPS) is 13.7. The molecule has 0 saturated carbocycles. The van der Waals surface area contributed by atoms with Gasteiger partial charge in [0.1, 0.15) is 6.04 Å². The molecule has 0 spiro atoms. The fraction of sp³-hybridized carbons (Fsp3) is 0.909. The summed E-state index contributed by atoms with van der Waals surface area (Å²) in [5.74, 6) is 0. The molecule has 0 amide bonds. The van der Waals surface area contributed by atoms with Gasteiger partial charge in [0.05, 0.1) is 14.1 Å². The number of allylic oxidation sites excluding steroid dienone is 2. The highest BCUT2D eigenvalue weighted by molar-refractivity contribution is 4.81. The van der Waals surface area contributed by atoms with E-state index in [0.29, 0.717) is 6.04 Å². The van der Waals surface area contributed by atoms with Crippen molar-refractivity contribution in [2.75, 3.05) is 14.1 Å². The lowest BCUT2D eigenvalue weighted by molar-refractivity contribution is -1.09. The summed E-state index contributed by atoms with van der Waals surface area (Å²) < 4.78 is 0.102. The summed E-state index contributed by atoms with van der Waals surface area (Å²) >= 11 is 0. The molecule has 0 aliphatic heterocycles. The van der Waals surface area contributed by atoms with Crippen molar-refractivity contribution in [2.45, 2.75) is 116 Å². The summed E-state index contributed by atoms with van der Waals surface area (Å²) in [6, 6.07) is 0.349. The van der Waals surface area contributed by atoms with Crippen LogP contribution in [0.4, 0.5) is 0 Å². The number of quaternary nitrogens is 1. The first-order valence-electron chi connectivity index (χ1n) is 10.7. The number of hydrogen-bond acceptors (Lipinski definition) is 1. The maximum Gasteiger partial charge on any atom is 0.116 e. The highest BCUT2D eigenvalue weighted by Gasteiger charge is 2.20. The van der Waals surface area contributed by atoms with Crippen LogP contribution in [0.3, 0.4) is 0 Å². The second kappa shape index (κ2) is 16.1. The average Bonchev–Trinajstić information content (AvgIpc) is 2.53. The van der Waals surface area contributed by atoms with Crippen LogP contribution in [0.15, 0.2) is 12.2 Å². The Bertz CT molecular complexity index is 280. The SMILES string of the molecule is CCCCCCCCC=CCCCCCCCCC(C)[N+](C)(C)O. The van der Waals surface area contributed by atoms with E-state index in [2.05, 4.69) is 26.0 Å². The highest BCUT2D eigenvalue weighted by Crippen LogP contribution is 2.14. The van der Waals surface area contributed by atoms with E-state index in [1.54, 1.807) is 0 Å². The lowest BCUT2D eigenvalue weighted by Crippen LogP contribution is -2.43. The fourth-order valence-electron chi connectivity index (χ4n) is 3.00. The molecule has 1 unspecified atom stereocenters. The molecule has 0 saturated heterocycles. The smallest absolute Gasteiger partial charge is 0.116 e. The fourth-order valence-corrected chi connectivity index (χ4v) is 3.00. The van der Waals surface area contributed by atoms with Crippen LogP contribution in [-0.4, -0.2) is 30.0 Å². The van der Waals surface area contributed by atoms with E-state index >= 15 is 0 Å². The van der Waals surface area contributed by atoms with Gasteiger partial charge in [-0.25, -0.2) is 5.21 Å². The molecule has 0 heterocycles. The van der Waals surface area contributed by atoms with Gasteiger partial charge in [-0.1, -0.05) is 76.9 Å². The van der Waals surface area contributed by atoms with Gasteiger partial charge in [0.2, 0.25) is 0 Å². The second-order valence-corrected chi connectivity index (χ2v) is 8.05. The Balaban J connectivity index is 3.21. The van der Waals surface area contributed by atoms with Gasteiger partial charge >= 0.3 is 0 Å². The molecule has 24 heavy (non-hydrogen) atoms. The molecule has 0 radical (unpaired) electrons. The number of hydrogen-bond donors (Lipinski definition) is 1. The van der Waals surface area contributed by atoms with E-state index in [1.807, 2.05) is 14.1 Å². The van der Waals surface area contributed by atoms with Gasteiger partial charge < -0.3 is 0 Å². The predicted molar refractivity (Wildman–Crippen MR) is 107 cm³/mol. The topological polar surface area (TPSA) is 20.2 Å². The van der Waals surface area contributed by atoms with Gasteiger partial charge in [0.15, 0.2) is 0 Å². The molecular weight excluding hydrogens is 294 g/mol. The van der Waals surface area contributed by atoms with Gasteiger partial charge in [0, 0.05) is 6.42 Å². The Labute approximate surface area is 152 Å². The summed E-state index contributed by atoms with van der Waals surface area (Å²) in [4.78, 5) is 0. The lowest BCUT2D eigenvalue weighted by Gasteiger charge is -2.27. The number of nitrogens with zero attached hydrogens (tertiary/aromatic N) is 1. The third-order valence-electron chi connectivity index (χ3n) is 5.21. The van der Waals surface area contributed by atoms with E-state index in [4.69, 9.17) is 0 Å². The molecule has 1 atom stereocenters. The first kappa shape index (κ1) is 23.7. The van der Waals surface area contributed by atoms with E-state index in [9.17, 15) is 5.21 Å². The monoisotopic (exact) mass is 340 g/mol. The first-order valence-corrected chi connectivity index (χ1v) is 10.7. The van der Waals surface area contributed by atoms with Crippen LogP contribution in [-0.2, 0) is 0 Å². The molecule has 0 fully saturated rings. The second-order valence-electron chi connectivity index (χ2n) is 8.05. The van der Waals surface area contributed by atoms with Crippen LogP contribution in [0.2, 0.25) is 0 Å². The van der Waals surface area contributed by atoms with Crippen molar-refractivity contribution in [2.24, 2.45) is 0 Å². The third kappa shape index (κ3) is 16.5. The average molecular weight is 341 g/mol. The zero-order valence-corrected chi connectivity index (χ0v) is 17.2. The van der Waals surface area contributed by atoms with Gasteiger partial charge in [0.25, 0.3) is 0 Å². The van der Waals surface area contributed by atoms with E-state index < -0.39 is 0 Å². The van der Waals surface area contributed by atoms with Crippen molar-refractivity contribution in [3.8, 4) is 0 Å². The zero-order valence-electron chi connectivity index (χ0n) is 17.2. The minimum Gasteiger partial charge on any atom is -0.217 e. The van der Waals surface area contributed by atoms with Gasteiger partial charge in [-0.2, -0.15) is 4.65 Å². The first-order chi connectivity index (χ1) is 11.5. The maximum absolute atomic E-state index is 9.84. The minimum atomic E-state index is 0.102. The van der Waals surface area contributed by atoms with Crippen molar-refractivity contribution in [3.05, 3.63) is 12.2 Å². The van der Waals surface area contributed by atoms with Crippen LogP contribution in [0.1, 0.15) is 110 Å². The molecule has 2 heteroatoms. The van der Waals surface area contributed by atoms with Crippen molar-refractivity contribution >= 4 is 0 Å². The molecule has 0 aromatic carbocycles. The summed E-state index contributed by atoms with van der Waals surface area (Å²) in [6.45, 7) is 4.41. The summed E-state index contributed by atoms with van der Waals surface area (Å²) in [6.07, 6.45) is 24.9. The summed E-state index contributed by atoms with van der Waals surface area (Å²) in [5.41, 5.74) is 0. The zero-order chi connectivity index (χ0) is 18.1. The molecular formula is C22H46NO+. The molecule has 1 N–H and O–H groups in total. The van der Waals surface area contributed by atoms with Crippen LogP contribution in [0, 0.1) is 0 Å². The lowest BCUT2D eigenvalue weighted by atomic mass is 10.0. The third-order valence-corrected chi connectivity index (χ3v) is 5.21. The molecule has 0 aromatic heterocycles. The summed E-state index contributed by atoms with van der Waals surface area (Å²) in [7, 11) is 3.73.